The van der Waals surface area contributed by atoms with Gasteiger partial charge in [-0.1, -0.05) is 51.4 Å². The molecule has 1 aliphatic carbocycles. The van der Waals surface area contributed by atoms with E-state index < -0.39 is 0 Å². The quantitative estimate of drug-likeness (QED) is 0.678. The topological polar surface area (TPSA) is 53.9 Å². The molecule has 0 radical (unpaired) electrons. The Morgan fingerprint density at radius 1 is 1.17 bits per heavy atom. The lowest BCUT2D eigenvalue weighted by atomic mass is 9.98. The van der Waals surface area contributed by atoms with Gasteiger partial charge in [0.2, 0.25) is 5.90 Å². The maximum atomic E-state index is 10.2. The van der Waals surface area contributed by atoms with Gasteiger partial charge in [0, 0.05) is 6.07 Å². The van der Waals surface area contributed by atoms with E-state index >= 15 is 0 Å². The van der Waals surface area contributed by atoms with Crippen molar-refractivity contribution in [2.75, 3.05) is 12.4 Å². The molecule has 1 atom stereocenters. The Labute approximate surface area is 139 Å². The first-order valence-corrected chi connectivity index (χ1v) is 8.98. The van der Waals surface area contributed by atoms with Gasteiger partial charge in [0.1, 0.15) is 11.8 Å². The minimum absolute atomic E-state index is 0.0534. The molecule has 1 fully saturated rings. The standard InChI is InChI=1S/C19H28N2O2/c1-23-15-11-12-16-18(13-15)21-19(22)17(20-16)10-4-2-3-7-14-8-5-6-9-14/h11-14,17,20H,2-10H2,1H3,(H,21,22). The van der Waals surface area contributed by atoms with Gasteiger partial charge in [-0.2, -0.15) is 0 Å². The number of ether oxygens (including phenoxy) is 1. The molecule has 4 nitrogen and oxygen atoms in total. The number of benzene rings is 1. The van der Waals surface area contributed by atoms with Crippen LogP contribution in [0.3, 0.4) is 0 Å². The molecule has 0 amide bonds. The van der Waals surface area contributed by atoms with Crippen molar-refractivity contribution in [2.24, 2.45) is 10.9 Å². The van der Waals surface area contributed by atoms with E-state index in [-0.39, 0.29) is 11.9 Å². The van der Waals surface area contributed by atoms with E-state index in [1.807, 2.05) is 18.2 Å². The van der Waals surface area contributed by atoms with Gasteiger partial charge in [0.25, 0.3) is 0 Å². The molecule has 1 unspecified atom stereocenters. The van der Waals surface area contributed by atoms with Crippen LogP contribution in [0, 0.1) is 5.92 Å². The SMILES string of the molecule is COc1ccc2c(c1)N=C(O)C(CCCCCC1CCCC1)N2. The highest BCUT2D eigenvalue weighted by Gasteiger charge is 2.22. The fourth-order valence-corrected chi connectivity index (χ4v) is 3.77. The maximum Gasteiger partial charge on any atom is 0.209 e. The Balaban J connectivity index is 1.44. The molecule has 0 spiro atoms. The van der Waals surface area contributed by atoms with Crippen LogP contribution < -0.4 is 10.1 Å². The summed E-state index contributed by atoms with van der Waals surface area (Å²) in [5.41, 5.74) is 1.72. The van der Waals surface area contributed by atoms with Crippen molar-refractivity contribution in [2.45, 2.75) is 63.8 Å². The summed E-state index contributed by atoms with van der Waals surface area (Å²) in [5.74, 6) is 1.94. The summed E-state index contributed by atoms with van der Waals surface area (Å²) in [6.07, 6.45) is 11.8. The van der Waals surface area contributed by atoms with Crippen molar-refractivity contribution in [1.29, 1.82) is 0 Å². The molecular weight excluding hydrogens is 288 g/mol. The first-order chi connectivity index (χ1) is 11.3. The Bertz CT molecular complexity index is 550. The summed E-state index contributed by atoms with van der Waals surface area (Å²) < 4.78 is 5.20. The highest BCUT2D eigenvalue weighted by molar-refractivity contribution is 5.91. The van der Waals surface area contributed by atoms with Crippen LogP contribution in [-0.2, 0) is 0 Å². The third kappa shape index (κ3) is 4.18. The van der Waals surface area contributed by atoms with E-state index in [9.17, 15) is 5.11 Å². The summed E-state index contributed by atoms with van der Waals surface area (Å²) in [6, 6.07) is 5.68. The molecule has 1 aromatic rings. The predicted octanol–water partition coefficient (Wildman–Crippen LogP) is 5.22. The summed E-state index contributed by atoms with van der Waals surface area (Å²) >= 11 is 0. The lowest BCUT2D eigenvalue weighted by Gasteiger charge is -2.24. The minimum atomic E-state index is -0.0534. The number of rotatable bonds is 7. The van der Waals surface area contributed by atoms with Gasteiger partial charge in [-0.15, -0.1) is 0 Å². The molecule has 23 heavy (non-hydrogen) atoms. The fraction of sp³-hybridized carbons (Fsp3) is 0.632. The van der Waals surface area contributed by atoms with Gasteiger partial charge in [0.05, 0.1) is 18.5 Å². The second-order valence-corrected chi connectivity index (χ2v) is 6.84. The van der Waals surface area contributed by atoms with Gasteiger partial charge >= 0.3 is 0 Å². The molecule has 2 aliphatic rings. The minimum Gasteiger partial charge on any atom is -0.497 e. The smallest absolute Gasteiger partial charge is 0.209 e. The Hall–Kier alpha value is -1.71. The zero-order valence-electron chi connectivity index (χ0n) is 14.1. The van der Waals surface area contributed by atoms with E-state index in [0.717, 1.165) is 35.9 Å². The van der Waals surface area contributed by atoms with Crippen LogP contribution in [-0.4, -0.2) is 24.2 Å². The lowest BCUT2D eigenvalue weighted by Crippen LogP contribution is -2.31. The Morgan fingerprint density at radius 3 is 2.74 bits per heavy atom. The van der Waals surface area contributed by atoms with Crippen molar-refractivity contribution in [3.05, 3.63) is 18.2 Å². The molecule has 0 bridgehead atoms. The van der Waals surface area contributed by atoms with Crippen molar-refractivity contribution in [1.82, 2.24) is 0 Å². The Morgan fingerprint density at radius 2 is 1.96 bits per heavy atom. The second-order valence-electron chi connectivity index (χ2n) is 6.84. The summed E-state index contributed by atoms with van der Waals surface area (Å²) in [7, 11) is 1.63. The largest absolute Gasteiger partial charge is 0.497 e. The number of methoxy groups -OCH3 is 1. The summed E-state index contributed by atoms with van der Waals surface area (Å²) in [5, 5.41) is 13.5. The van der Waals surface area contributed by atoms with Crippen molar-refractivity contribution >= 4 is 17.3 Å². The Kier molecular flexibility index (Phi) is 5.42. The van der Waals surface area contributed by atoms with Crippen LogP contribution in [0.4, 0.5) is 11.4 Å². The van der Waals surface area contributed by atoms with Crippen LogP contribution in [0.2, 0.25) is 0 Å². The number of nitrogens with one attached hydrogen (secondary N) is 1. The molecule has 2 N–H and O–H groups in total. The third-order valence-corrected chi connectivity index (χ3v) is 5.16. The predicted molar refractivity (Wildman–Crippen MR) is 95.2 cm³/mol. The van der Waals surface area contributed by atoms with Crippen LogP contribution >= 0.6 is 0 Å². The maximum absolute atomic E-state index is 10.2. The number of anilines is 1. The first-order valence-electron chi connectivity index (χ1n) is 8.98. The van der Waals surface area contributed by atoms with Crippen LogP contribution in [0.15, 0.2) is 23.2 Å². The molecule has 1 aromatic carbocycles. The van der Waals surface area contributed by atoms with Gasteiger partial charge < -0.3 is 15.2 Å². The molecule has 126 valence electrons. The van der Waals surface area contributed by atoms with E-state index in [4.69, 9.17) is 4.74 Å². The van der Waals surface area contributed by atoms with Gasteiger partial charge in [-0.05, 0) is 24.5 Å². The molecule has 1 aliphatic heterocycles. The highest BCUT2D eigenvalue weighted by atomic mass is 16.5. The van der Waals surface area contributed by atoms with Gasteiger partial charge in [0.15, 0.2) is 0 Å². The number of aliphatic hydroxyl groups is 1. The average Bonchev–Trinajstić information content (AvgIpc) is 3.07. The number of nitrogens with zero attached hydrogens (tertiary/aromatic N) is 1. The average molecular weight is 316 g/mol. The lowest BCUT2D eigenvalue weighted by molar-refractivity contribution is 0.415. The van der Waals surface area contributed by atoms with Crippen molar-refractivity contribution < 1.29 is 9.84 Å². The molecular formula is C19H28N2O2. The van der Waals surface area contributed by atoms with E-state index in [1.54, 1.807) is 7.11 Å². The molecule has 0 saturated heterocycles. The molecule has 1 saturated carbocycles. The summed E-state index contributed by atoms with van der Waals surface area (Å²) in [4.78, 5) is 4.33. The number of aliphatic hydroxyl groups excluding tert-OH is 1. The molecule has 0 aromatic heterocycles. The molecule has 4 heteroatoms. The van der Waals surface area contributed by atoms with Crippen LogP contribution in [0.25, 0.3) is 0 Å². The zero-order valence-corrected chi connectivity index (χ0v) is 14.1. The van der Waals surface area contributed by atoms with E-state index in [0.29, 0.717) is 0 Å². The van der Waals surface area contributed by atoms with Crippen LogP contribution in [0.5, 0.6) is 5.75 Å². The van der Waals surface area contributed by atoms with E-state index in [2.05, 4.69) is 10.3 Å². The number of fused-ring (bicyclic) bond motifs is 1. The van der Waals surface area contributed by atoms with Crippen LogP contribution in [0.1, 0.15) is 57.8 Å². The van der Waals surface area contributed by atoms with Crippen molar-refractivity contribution in [3.8, 4) is 5.75 Å². The highest BCUT2D eigenvalue weighted by Crippen LogP contribution is 2.34. The molecule has 3 rings (SSSR count). The zero-order chi connectivity index (χ0) is 16.1. The van der Waals surface area contributed by atoms with E-state index in [1.165, 1.54) is 44.9 Å². The third-order valence-electron chi connectivity index (χ3n) is 5.16. The number of hydrogen-bond donors (Lipinski definition) is 2. The summed E-state index contributed by atoms with van der Waals surface area (Å²) in [6.45, 7) is 0. The number of unbranched alkanes of at least 4 members (excludes halogenated alkanes) is 2. The van der Waals surface area contributed by atoms with Gasteiger partial charge in [-0.3, -0.25) is 0 Å². The van der Waals surface area contributed by atoms with Gasteiger partial charge in [-0.25, -0.2) is 4.99 Å². The molecule has 1 heterocycles. The fourth-order valence-electron chi connectivity index (χ4n) is 3.77. The monoisotopic (exact) mass is 316 g/mol. The second kappa shape index (κ2) is 7.71. The number of hydrogen-bond acceptors (Lipinski definition) is 3. The number of aliphatic imine (C=N–C) groups is 1. The normalized spacial score (nSPS) is 20.7. The van der Waals surface area contributed by atoms with Crippen molar-refractivity contribution in [3.63, 3.8) is 0 Å². The first kappa shape index (κ1) is 16.2.